The maximum absolute atomic E-state index is 6.51. The molecule has 1 aliphatic heterocycles. The van der Waals surface area contributed by atoms with Crippen LogP contribution in [-0.2, 0) is 15.7 Å². The molecule has 4 fully saturated rings. The topological polar surface area (TPSA) is 57.6 Å². The van der Waals surface area contributed by atoms with Gasteiger partial charge in [-0.2, -0.15) is 0 Å². The number of fused-ring (bicyclic) bond motifs is 1. The van der Waals surface area contributed by atoms with E-state index in [1.165, 1.54) is 6.42 Å². The van der Waals surface area contributed by atoms with E-state index in [1.54, 1.807) is 0 Å². The molecule has 1 aromatic heterocycles. The molecule has 6 rings (SSSR count). The molecule has 3 saturated carbocycles. The van der Waals surface area contributed by atoms with E-state index in [0.29, 0.717) is 17.8 Å². The van der Waals surface area contributed by atoms with Crippen LogP contribution in [0.15, 0.2) is 34.9 Å². The zero-order chi connectivity index (χ0) is 17.4. The van der Waals surface area contributed by atoms with Gasteiger partial charge in [0.15, 0.2) is 0 Å². The zero-order valence-electron chi connectivity index (χ0n) is 15.6. The number of rotatable bonds is 3. The molecule has 0 radical (unpaired) electrons. The third-order valence-corrected chi connectivity index (χ3v) is 7.34. The van der Waals surface area contributed by atoms with E-state index in [1.807, 2.05) is 24.5 Å². The molecule has 6 heteroatoms. The fourth-order valence-electron chi connectivity index (χ4n) is 5.62. The Bertz CT molecular complexity index is 824. The SMILES string of the molecule is CC1(C)[C@@H]2C[C@H]3OB(C(N)Cc4coc5ccccc45)O[C@@]3(C)[C@H]1C2.Cl. The molecule has 140 valence electrons. The molecular formula is C20H27BClNO3. The van der Waals surface area contributed by atoms with Gasteiger partial charge in [-0.05, 0) is 55.1 Å². The smallest absolute Gasteiger partial charge is 0.464 e. The first-order valence-corrected chi connectivity index (χ1v) is 9.43. The van der Waals surface area contributed by atoms with Crippen LogP contribution >= 0.6 is 12.4 Å². The van der Waals surface area contributed by atoms with Crippen LogP contribution in [0, 0.1) is 17.3 Å². The summed E-state index contributed by atoms with van der Waals surface area (Å²) in [6.45, 7) is 6.99. The summed E-state index contributed by atoms with van der Waals surface area (Å²) in [5.41, 5.74) is 8.70. The summed E-state index contributed by atoms with van der Waals surface area (Å²) in [7, 11) is -0.334. The highest BCUT2D eigenvalue weighted by Gasteiger charge is 2.68. The average molecular weight is 376 g/mol. The molecule has 0 amide bonds. The summed E-state index contributed by atoms with van der Waals surface area (Å²) in [6.07, 6.45) is 5.05. The lowest BCUT2D eigenvalue weighted by Gasteiger charge is -2.64. The third kappa shape index (κ3) is 2.41. The summed E-state index contributed by atoms with van der Waals surface area (Å²) in [4.78, 5) is 0. The fraction of sp³-hybridized carbons (Fsp3) is 0.600. The van der Waals surface area contributed by atoms with Gasteiger partial charge in [-0.15, -0.1) is 12.4 Å². The zero-order valence-corrected chi connectivity index (χ0v) is 16.4. The van der Waals surface area contributed by atoms with Crippen LogP contribution in [0.2, 0.25) is 0 Å². The van der Waals surface area contributed by atoms with Gasteiger partial charge in [-0.1, -0.05) is 32.0 Å². The van der Waals surface area contributed by atoms with Crippen molar-refractivity contribution < 1.29 is 13.7 Å². The third-order valence-electron chi connectivity index (χ3n) is 7.34. The summed E-state index contributed by atoms with van der Waals surface area (Å²) in [6, 6.07) is 8.08. The molecule has 26 heavy (non-hydrogen) atoms. The van der Waals surface area contributed by atoms with Gasteiger partial charge in [0, 0.05) is 11.3 Å². The van der Waals surface area contributed by atoms with E-state index in [4.69, 9.17) is 19.5 Å². The highest BCUT2D eigenvalue weighted by molar-refractivity contribution is 6.47. The standard InChI is InChI=1S/C20H26BNO3.ClH/c1-19(2)13-9-16(19)20(3)17(10-13)24-21(25-20)18(22)8-12-11-23-15-7-5-4-6-14(12)15;/h4-7,11,13,16-18H,8-10,22H2,1-3H3;1H/t13-,16-,17+,18?,20-;/m0./s1. The van der Waals surface area contributed by atoms with E-state index in [9.17, 15) is 0 Å². The van der Waals surface area contributed by atoms with Gasteiger partial charge in [0.1, 0.15) is 5.58 Å². The maximum atomic E-state index is 6.51. The Kier molecular flexibility index (Phi) is 4.24. The predicted octanol–water partition coefficient (Wildman–Crippen LogP) is 3.99. The number of furan rings is 1. The van der Waals surface area contributed by atoms with Crippen LogP contribution in [0.1, 0.15) is 39.2 Å². The van der Waals surface area contributed by atoms with E-state index in [-0.39, 0.29) is 37.2 Å². The minimum absolute atomic E-state index is 0. The van der Waals surface area contributed by atoms with Crippen LogP contribution in [0.4, 0.5) is 0 Å². The molecule has 2 N–H and O–H groups in total. The monoisotopic (exact) mass is 375 g/mol. The van der Waals surface area contributed by atoms with Gasteiger partial charge in [-0.3, -0.25) is 0 Å². The lowest BCUT2D eigenvalue weighted by molar-refractivity contribution is -0.199. The molecule has 2 heterocycles. The van der Waals surface area contributed by atoms with Crippen molar-refractivity contribution >= 4 is 30.5 Å². The Hall–Kier alpha value is -1.01. The molecule has 2 aromatic rings. The van der Waals surface area contributed by atoms with Crippen LogP contribution in [0.25, 0.3) is 11.0 Å². The molecule has 1 unspecified atom stereocenters. The predicted molar refractivity (Wildman–Crippen MR) is 105 cm³/mol. The van der Waals surface area contributed by atoms with E-state index >= 15 is 0 Å². The van der Waals surface area contributed by atoms with Crippen molar-refractivity contribution in [2.45, 2.75) is 57.7 Å². The van der Waals surface area contributed by atoms with Gasteiger partial charge in [0.25, 0.3) is 0 Å². The first-order chi connectivity index (χ1) is 11.9. The lowest BCUT2D eigenvalue weighted by atomic mass is 9.43. The first-order valence-electron chi connectivity index (χ1n) is 9.43. The second kappa shape index (κ2) is 6.00. The molecule has 5 atom stereocenters. The van der Waals surface area contributed by atoms with Gasteiger partial charge in [0.05, 0.1) is 18.0 Å². The highest BCUT2D eigenvalue weighted by atomic mass is 35.5. The van der Waals surface area contributed by atoms with Crippen molar-refractivity contribution in [1.82, 2.24) is 0 Å². The Morgan fingerprint density at radius 3 is 2.77 bits per heavy atom. The average Bonchev–Trinajstić information content (AvgIpc) is 3.15. The van der Waals surface area contributed by atoms with Crippen molar-refractivity contribution in [3.63, 3.8) is 0 Å². The molecular weight excluding hydrogens is 348 g/mol. The second-order valence-corrected chi connectivity index (χ2v) is 8.96. The summed E-state index contributed by atoms with van der Waals surface area (Å²) >= 11 is 0. The Labute approximate surface area is 161 Å². The van der Waals surface area contributed by atoms with Crippen LogP contribution in [0.3, 0.4) is 0 Å². The minimum Gasteiger partial charge on any atom is -0.464 e. The van der Waals surface area contributed by atoms with E-state index in [2.05, 4.69) is 26.8 Å². The number of halogens is 1. The van der Waals surface area contributed by atoms with Crippen molar-refractivity contribution in [1.29, 1.82) is 0 Å². The van der Waals surface area contributed by atoms with Crippen LogP contribution in [0.5, 0.6) is 0 Å². The summed E-state index contributed by atoms with van der Waals surface area (Å²) in [5.74, 6) is 1.13. The van der Waals surface area contributed by atoms with Crippen LogP contribution in [-0.4, -0.2) is 24.8 Å². The lowest BCUT2D eigenvalue weighted by Crippen LogP contribution is -2.65. The Morgan fingerprint density at radius 2 is 2.00 bits per heavy atom. The second-order valence-electron chi connectivity index (χ2n) is 8.96. The van der Waals surface area contributed by atoms with E-state index in [0.717, 1.165) is 28.9 Å². The number of nitrogens with two attached hydrogens (primary N) is 1. The van der Waals surface area contributed by atoms with Gasteiger partial charge < -0.3 is 19.5 Å². The van der Waals surface area contributed by atoms with Crippen molar-refractivity contribution in [3.8, 4) is 0 Å². The van der Waals surface area contributed by atoms with Gasteiger partial charge in [0.2, 0.25) is 0 Å². The number of benzene rings is 1. The summed E-state index contributed by atoms with van der Waals surface area (Å²) < 4.78 is 18.4. The van der Waals surface area contributed by atoms with Gasteiger partial charge >= 0.3 is 7.12 Å². The summed E-state index contributed by atoms with van der Waals surface area (Å²) in [5, 5.41) is 1.13. The molecule has 1 saturated heterocycles. The van der Waals surface area contributed by atoms with Crippen molar-refractivity contribution in [3.05, 3.63) is 36.1 Å². The minimum atomic E-state index is -0.334. The highest BCUT2D eigenvalue weighted by Crippen LogP contribution is 2.65. The molecule has 0 spiro atoms. The molecule has 2 bridgehead atoms. The quantitative estimate of drug-likeness (QED) is 0.824. The Balaban J connectivity index is 0.00000168. The first kappa shape index (κ1) is 18.4. The van der Waals surface area contributed by atoms with E-state index < -0.39 is 0 Å². The maximum Gasteiger partial charge on any atom is 0.475 e. The fourth-order valence-corrected chi connectivity index (χ4v) is 5.62. The number of para-hydroxylation sites is 1. The number of hydrogen-bond donors (Lipinski definition) is 1. The van der Waals surface area contributed by atoms with Crippen LogP contribution < -0.4 is 5.73 Å². The normalized spacial score (nSPS) is 35.5. The molecule has 1 aromatic carbocycles. The van der Waals surface area contributed by atoms with Gasteiger partial charge in [-0.25, -0.2) is 0 Å². The molecule has 3 aliphatic carbocycles. The Morgan fingerprint density at radius 1 is 1.23 bits per heavy atom. The molecule has 4 nitrogen and oxygen atoms in total. The van der Waals surface area contributed by atoms with Crippen molar-refractivity contribution in [2.75, 3.05) is 0 Å². The largest absolute Gasteiger partial charge is 0.475 e. The molecule has 4 aliphatic rings. The number of hydrogen-bond acceptors (Lipinski definition) is 4. The van der Waals surface area contributed by atoms with Crippen molar-refractivity contribution in [2.24, 2.45) is 23.0 Å².